The minimum Gasteiger partial charge on any atom is -0.612 e. The van der Waals surface area contributed by atoms with Crippen molar-refractivity contribution < 1.29 is 22.5 Å². The number of ether oxygens (including phenoxy) is 1. The number of benzene rings is 4. The second-order valence-corrected chi connectivity index (χ2v) is 10.6. The van der Waals surface area contributed by atoms with Crippen LogP contribution >= 0.6 is 12.2 Å². The third kappa shape index (κ3) is 6.03. The summed E-state index contributed by atoms with van der Waals surface area (Å²) in [7, 11) is 0. The lowest BCUT2D eigenvalue weighted by molar-refractivity contribution is -0.274. The van der Waals surface area contributed by atoms with Gasteiger partial charge in [-0.25, -0.2) is 4.98 Å². The lowest BCUT2D eigenvalue weighted by atomic mass is 10.1. The molecule has 4 aromatic carbocycles. The Balaban J connectivity index is 1.31. The minimum absolute atomic E-state index is 0.267. The molecule has 7 nitrogen and oxygen atoms in total. The smallest absolute Gasteiger partial charge is 0.573 e. The van der Waals surface area contributed by atoms with E-state index in [1.54, 1.807) is 41.6 Å². The predicted molar refractivity (Wildman–Crippen MR) is 156 cm³/mol. The van der Waals surface area contributed by atoms with Gasteiger partial charge in [0.2, 0.25) is 0 Å². The highest BCUT2D eigenvalue weighted by Gasteiger charge is 2.31. The first-order valence-corrected chi connectivity index (χ1v) is 13.8. The van der Waals surface area contributed by atoms with Crippen LogP contribution in [0.4, 0.5) is 18.9 Å². The quantitative estimate of drug-likeness (QED) is 0.104. The molecule has 1 aromatic heterocycles. The number of aryl methyl sites for hydroxylation is 1. The molecule has 0 bridgehead atoms. The van der Waals surface area contributed by atoms with Crippen LogP contribution in [0, 0.1) is 6.92 Å². The summed E-state index contributed by atoms with van der Waals surface area (Å²) in [5, 5.41) is 9.42. The summed E-state index contributed by atoms with van der Waals surface area (Å²) < 4.78 is 55.2. The number of thiocarbonyl (C=S) groups is 1. The van der Waals surface area contributed by atoms with E-state index in [9.17, 15) is 17.7 Å². The van der Waals surface area contributed by atoms with E-state index >= 15 is 0 Å². The normalized spacial score (nSPS) is 12.7. The highest BCUT2D eigenvalue weighted by molar-refractivity contribution is 7.90. The van der Waals surface area contributed by atoms with Gasteiger partial charge >= 0.3 is 6.36 Å². The maximum atomic E-state index is 12.5. The van der Waals surface area contributed by atoms with Crippen molar-refractivity contribution in [2.45, 2.75) is 18.2 Å². The van der Waals surface area contributed by atoms with Crippen LogP contribution in [0.3, 0.4) is 0 Å². The van der Waals surface area contributed by atoms with E-state index in [4.69, 9.17) is 12.2 Å². The standard InChI is InChI=1S/C28H22F3N5O2S2/c1-17-4-3-5-24(40(2)37)25(17)34-27(39)35-33-15-18-6-12-22-19(14-18)7-13-23-26(22)32-16-36(23)20-8-10-21(11-9-20)38-28(29,30)31/h3-16H,1-2H3,(H2,34,35,39). The molecule has 0 aliphatic heterocycles. The van der Waals surface area contributed by atoms with Crippen LogP contribution in [-0.4, -0.2) is 38.0 Å². The molecule has 0 saturated carbocycles. The van der Waals surface area contributed by atoms with E-state index in [0.29, 0.717) is 16.3 Å². The predicted octanol–water partition coefficient (Wildman–Crippen LogP) is 6.44. The van der Waals surface area contributed by atoms with Gasteiger partial charge < -0.3 is 14.6 Å². The Hall–Kier alpha value is -4.13. The molecule has 0 amide bonds. The number of halogens is 3. The first-order chi connectivity index (χ1) is 19.1. The summed E-state index contributed by atoms with van der Waals surface area (Å²) in [6, 6.07) is 20.8. The Morgan fingerprint density at radius 3 is 2.60 bits per heavy atom. The van der Waals surface area contributed by atoms with Gasteiger partial charge in [0.15, 0.2) is 10.0 Å². The van der Waals surface area contributed by atoms with E-state index in [0.717, 1.165) is 32.9 Å². The van der Waals surface area contributed by atoms with Gasteiger partial charge in [-0.1, -0.05) is 30.3 Å². The maximum absolute atomic E-state index is 12.5. The molecule has 5 aromatic rings. The van der Waals surface area contributed by atoms with Crippen LogP contribution in [0.2, 0.25) is 0 Å². The molecule has 0 saturated heterocycles. The number of aromatic nitrogens is 2. The van der Waals surface area contributed by atoms with Gasteiger partial charge in [0.05, 0.1) is 22.9 Å². The van der Waals surface area contributed by atoms with Crippen molar-refractivity contribution >= 4 is 62.2 Å². The second-order valence-electron chi connectivity index (χ2n) is 8.80. The number of hydrazone groups is 1. The first-order valence-electron chi connectivity index (χ1n) is 11.9. The molecule has 1 heterocycles. The summed E-state index contributed by atoms with van der Waals surface area (Å²) >= 11 is 4.18. The van der Waals surface area contributed by atoms with E-state index in [1.165, 1.54) is 12.1 Å². The maximum Gasteiger partial charge on any atom is 0.573 e. The van der Waals surface area contributed by atoms with E-state index in [-0.39, 0.29) is 10.9 Å². The van der Waals surface area contributed by atoms with E-state index in [2.05, 4.69) is 25.6 Å². The third-order valence-electron chi connectivity index (χ3n) is 6.07. The zero-order valence-electron chi connectivity index (χ0n) is 21.2. The number of anilines is 1. The Kier molecular flexibility index (Phi) is 7.66. The number of hydrogen-bond donors (Lipinski definition) is 2. The Morgan fingerprint density at radius 2 is 1.88 bits per heavy atom. The van der Waals surface area contributed by atoms with Crippen LogP contribution < -0.4 is 15.5 Å². The molecule has 204 valence electrons. The number of imidazole rings is 1. The van der Waals surface area contributed by atoms with Crippen molar-refractivity contribution in [2.24, 2.45) is 5.10 Å². The largest absolute Gasteiger partial charge is 0.612 e. The van der Waals surface area contributed by atoms with Gasteiger partial charge in [-0.15, -0.1) is 13.2 Å². The molecule has 0 fully saturated rings. The number of rotatable bonds is 6. The SMILES string of the molecule is Cc1cccc([S+](C)[O-])c1NC(=S)NN=Cc1ccc2c(ccc3c2ncn3-c2ccc(OC(F)(F)F)cc2)c1. The van der Waals surface area contributed by atoms with Gasteiger partial charge in [0.25, 0.3) is 0 Å². The fraction of sp³-hybridized carbons (Fsp3) is 0.107. The Labute approximate surface area is 235 Å². The van der Waals surface area contributed by atoms with Crippen LogP contribution in [-0.2, 0) is 11.2 Å². The van der Waals surface area contributed by atoms with E-state index < -0.39 is 17.5 Å². The molecule has 0 radical (unpaired) electrons. The monoisotopic (exact) mass is 581 g/mol. The van der Waals surface area contributed by atoms with Crippen molar-refractivity contribution in [1.29, 1.82) is 0 Å². The molecular formula is C28H22F3N5O2S2. The van der Waals surface area contributed by atoms with E-state index in [1.807, 2.05) is 49.4 Å². The molecule has 2 N–H and O–H groups in total. The number of alkyl halides is 3. The topological polar surface area (TPSA) is 86.5 Å². The van der Waals surface area contributed by atoms with Crippen LogP contribution in [0.1, 0.15) is 11.1 Å². The lowest BCUT2D eigenvalue weighted by Gasteiger charge is -2.14. The highest BCUT2D eigenvalue weighted by atomic mass is 32.2. The Bertz CT molecular complexity index is 1730. The van der Waals surface area contributed by atoms with Crippen LogP contribution in [0.25, 0.3) is 27.5 Å². The number of nitrogens with zero attached hydrogens (tertiary/aromatic N) is 3. The number of fused-ring (bicyclic) bond motifs is 3. The fourth-order valence-electron chi connectivity index (χ4n) is 4.27. The highest BCUT2D eigenvalue weighted by Crippen LogP contribution is 2.29. The van der Waals surface area contributed by atoms with Gasteiger partial charge in [-0.05, 0) is 89.3 Å². The molecule has 1 atom stereocenters. The number of nitrogens with one attached hydrogen (secondary N) is 2. The zero-order valence-corrected chi connectivity index (χ0v) is 22.8. The average Bonchev–Trinajstić information content (AvgIpc) is 3.34. The molecule has 0 aliphatic carbocycles. The van der Waals surface area contributed by atoms with Gasteiger partial charge in [0, 0.05) is 11.1 Å². The van der Waals surface area contributed by atoms with Crippen molar-refractivity contribution in [1.82, 2.24) is 15.0 Å². The molecular weight excluding hydrogens is 559 g/mol. The third-order valence-corrected chi connectivity index (χ3v) is 7.22. The van der Waals surface area contributed by atoms with Crippen molar-refractivity contribution in [2.75, 3.05) is 11.6 Å². The van der Waals surface area contributed by atoms with Crippen molar-refractivity contribution in [3.63, 3.8) is 0 Å². The van der Waals surface area contributed by atoms with Crippen molar-refractivity contribution in [3.05, 3.63) is 90.3 Å². The molecule has 40 heavy (non-hydrogen) atoms. The first kappa shape index (κ1) is 27.4. The zero-order chi connectivity index (χ0) is 28.4. The summed E-state index contributed by atoms with van der Waals surface area (Å²) in [5.41, 5.74) is 7.43. The summed E-state index contributed by atoms with van der Waals surface area (Å²) in [5.74, 6) is -0.288. The summed E-state index contributed by atoms with van der Waals surface area (Å²) in [6.07, 6.45) is 0.135. The van der Waals surface area contributed by atoms with Gasteiger partial charge in [-0.3, -0.25) is 9.99 Å². The lowest BCUT2D eigenvalue weighted by Crippen LogP contribution is -2.25. The van der Waals surface area contributed by atoms with Crippen LogP contribution in [0.5, 0.6) is 5.75 Å². The fourth-order valence-corrected chi connectivity index (χ4v) is 5.19. The second kappa shape index (κ2) is 11.2. The minimum atomic E-state index is -4.74. The van der Waals surface area contributed by atoms with Crippen LogP contribution in [0.15, 0.2) is 89.1 Å². The summed E-state index contributed by atoms with van der Waals surface area (Å²) in [6.45, 7) is 1.91. The molecule has 12 heteroatoms. The Morgan fingerprint density at radius 1 is 1.10 bits per heavy atom. The van der Waals surface area contributed by atoms with Gasteiger partial charge in [0.1, 0.15) is 18.3 Å². The summed E-state index contributed by atoms with van der Waals surface area (Å²) in [4.78, 5) is 5.20. The number of para-hydroxylation sites is 1. The molecule has 5 rings (SSSR count). The van der Waals surface area contributed by atoms with Crippen molar-refractivity contribution in [3.8, 4) is 11.4 Å². The number of hydrogen-bond acceptors (Lipinski definition) is 5. The molecule has 0 aliphatic rings. The van der Waals surface area contributed by atoms with Gasteiger partial charge in [-0.2, -0.15) is 5.10 Å². The average molecular weight is 582 g/mol. The molecule has 0 spiro atoms. The molecule has 1 unspecified atom stereocenters.